The topological polar surface area (TPSA) is 24.9 Å². The van der Waals surface area contributed by atoms with Crippen molar-refractivity contribution in [3.63, 3.8) is 0 Å². The minimum atomic E-state index is 0.409. The van der Waals surface area contributed by atoms with E-state index in [2.05, 4.69) is 33.0 Å². The Bertz CT molecular complexity index is 362. The molecule has 1 N–H and O–H groups in total. The normalized spacial score (nSPS) is 19.3. The Morgan fingerprint density at radius 1 is 1.41 bits per heavy atom. The fourth-order valence-corrected chi connectivity index (χ4v) is 3.63. The lowest BCUT2D eigenvalue weighted by atomic mass is 9.81. The molecule has 0 bridgehead atoms. The molecule has 1 unspecified atom stereocenters. The highest BCUT2D eigenvalue weighted by Gasteiger charge is 2.41. The maximum Gasteiger partial charge on any atom is 0.0936 e. The smallest absolute Gasteiger partial charge is 0.0936 e. The molecule has 0 spiro atoms. The summed E-state index contributed by atoms with van der Waals surface area (Å²) >= 11 is 1.88. The average molecular weight is 252 g/mol. The molecule has 1 saturated carbocycles. The lowest BCUT2D eigenvalue weighted by Crippen LogP contribution is -2.35. The lowest BCUT2D eigenvalue weighted by molar-refractivity contribution is 0.257. The van der Waals surface area contributed by atoms with Gasteiger partial charge in [-0.2, -0.15) is 0 Å². The summed E-state index contributed by atoms with van der Waals surface area (Å²) in [5, 5.41) is 4.85. The van der Waals surface area contributed by atoms with E-state index in [1.807, 2.05) is 11.3 Å². The van der Waals surface area contributed by atoms with Crippen molar-refractivity contribution in [2.45, 2.75) is 47.0 Å². The highest BCUT2D eigenvalue weighted by atomic mass is 32.1. The highest BCUT2D eigenvalue weighted by molar-refractivity contribution is 7.11. The Hall–Kier alpha value is -0.410. The minimum Gasteiger partial charge on any atom is -0.316 e. The molecule has 0 radical (unpaired) electrons. The number of aromatic nitrogens is 1. The molecule has 2 rings (SSSR count). The quantitative estimate of drug-likeness (QED) is 0.840. The van der Waals surface area contributed by atoms with Crippen LogP contribution in [0.25, 0.3) is 0 Å². The van der Waals surface area contributed by atoms with Gasteiger partial charge in [-0.3, -0.25) is 0 Å². The van der Waals surface area contributed by atoms with Gasteiger partial charge >= 0.3 is 0 Å². The summed E-state index contributed by atoms with van der Waals surface area (Å²) in [6.45, 7) is 11.1. The van der Waals surface area contributed by atoms with Crippen LogP contribution in [0.1, 0.15) is 42.3 Å². The minimum absolute atomic E-state index is 0.409. The SMILES string of the molecule is CCNCC(C)(Cc1nc(C)c(C)s1)C1CC1. The molecule has 0 amide bonds. The Kier molecular flexibility index (Phi) is 3.88. The summed E-state index contributed by atoms with van der Waals surface area (Å²) in [5.74, 6) is 0.908. The maximum atomic E-state index is 4.70. The van der Waals surface area contributed by atoms with Crippen molar-refractivity contribution >= 4 is 11.3 Å². The van der Waals surface area contributed by atoms with Crippen LogP contribution in [-0.4, -0.2) is 18.1 Å². The Labute approximate surface area is 109 Å². The van der Waals surface area contributed by atoms with Gasteiger partial charge in [0.05, 0.1) is 10.7 Å². The number of aryl methyl sites for hydroxylation is 2. The molecule has 1 fully saturated rings. The molecule has 0 saturated heterocycles. The van der Waals surface area contributed by atoms with E-state index in [4.69, 9.17) is 4.98 Å². The molecule has 1 aliphatic carbocycles. The van der Waals surface area contributed by atoms with Crippen molar-refractivity contribution in [2.75, 3.05) is 13.1 Å². The van der Waals surface area contributed by atoms with Crippen LogP contribution >= 0.6 is 11.3 Å². The van der Waals surface area contributed by atoms with Gasteiger partial charge in [-0.25, -0.2) is 4.98 Å². The number of hydrogen-bond donors (Lipinski definition) is 1. The summed E-state index contributed by atoms with van der Waals surface area (Å²) in [5.41, 5.74) is 1.62. The van der Waals surface area contributed by atoms with Crippen LogP contribution in [-0.2, 0) is 6.42 Å². The number of rotatable bonds is 6. The zero-order valence-corrected chi connectivity index (χ0v) is 12.3. The van der Waals surface area contributed by atoms with Crippen LogP contribution in [0.15, 0.2) is 0 Å². The van der Waals surface area contributed by atoms with Crippen molar-refractivity contribution in [3.8, 4) is 0 Å². The Morgan fingerprint density at radius 2 is 2.12 bits per heavy atom. The van der Waals surface area contributed by atoms with Crippen LogP contribution in [0.5, 0.6) is 0 Å². The summed E-state index contributed by atoms with van der Waals surface area (Å²) in [6, 6.07) is 0. The lowest BCUT2D eigenvalue weighted by Gasteiger charge is -2.29. The molecule has 0 aromatic carbocycles. The van der Waals surface area contributed by atoms with Gasteiger partial charge in [-0.1, -0.05) is 13.8 Å². The van der Waals surface area contributed by atoms with E-state index in [-0.39, 0.29) is 0 Å². The average Bonchev–Trinajstić information content (AvgIpc) is 3.06. The molecule has 17 heavy (non-hydrogen) atoms. The zero-order chi connectivity index (χ0) is 12.5. The molecular formula is C14H24N2S. The molecular weight excluding hydrogens is 228 g/mol. The largest absolute Gasteiger partial charge is 0.316 e. The predicted molar refractivity (Wildman–Crippen MR) is 74.7 cm³/mol. The number of nitrogens with one attached hydrogen (secondary N) is 1. The van der Waals surface area contributed by atoms with Gasteiger partial charge in [0, 0.05) is 17.8 Å². The molecule has 1 aromatic heterocycles. The standard InChI is InChI=1S/C14H24N2S/c1-5-15-9-14(4,12-6-7-12)8-13-16-10(2)11(3)17-13/h12,15H,5-9H2,1-4H3. The molecule has 3 heteroatoms. The summed E-state index contributed by atoms with van der Waals surface area (Å²) in [7, 11) is 0. The molecule has 1 heterocycles. The zero-order valence-electron chi connectivity index (χ0n) is 11.5. The van der Waals surface area contributed by atoms with Gasteiger partial charge in [-0.15, -0.1) is 11.3 Å². The first-order chi connectivity index (χ1) is 8.05. The van der Waals surface area contributed by atoms with Gasteiger partial charge in [0.1, 0.15) is 0 Å². The Morgan fingerprint density at radius 3 is 2.59 bits per heavy atom. The molecule has 1 aliphatic rings. The second-order valence-electron chi connectivity index (χ2n) is 5.63. The van der Waals surface area contributed by atoms with E-state index in [0.29, 0.717) is 5.41 Å². The summed E-state index contributed by atoms with van der Waals surface area (Å²) in [4.78, 5) is 6.08. The van der Waals surface area contributed by atoms with Crippen LogP contribution in [0.2, 0.25) is 0 Å². The van der Waals surface area contributed by atoms with E-state index in [0.717, 1.165) is 25.4 Å². The first kappa shape index (κ1) is 13.0. The van der Waals surface area contributed by atoms with E-state index >= 15 is 0 Å². The van der Waals surface area contributed by atoms with Crippen molar-refractivity contribution in [1.29, 1.82) is 0 Å². The van der Waals surface area contributed by atoms with E-state index < -0.39 is 0 Å². The maximum absolute atomic E-state index is 4.70. The fraction of sp³-hybridized carbons (Fsp3) is 0.786. The summed E-state index contributed by atoms with van der Waals surface area (Å²) in [6.07, 6.45) is 3.96. The Balaban J connectivity index is 2.06. The second-order valence-corrected chi connectivity index (χ2v) is 6.92. The van der Waals surface area contributed by atoms with Crippen molar-refractivity contribution in [2.24, 2.45) is 11.3 Å². The van der Waals surface area contributed by atoms with Crippen molar-refractivity contribution < 1.29 is 0 Å². The van der Waals surface area contributed by atoms with Crippen LogP contribution < -0.4 is 5.32 Å². The van der Waals surface area contributed by atoms with Crippen LogP contribution in [0, 0.1) is 25.2 Å². The first-order valence-electron chi connectivity index (χ1n) is 6.69. The van der Waals surface area contributed by atoms with Gasteiger partial charge in [0.2, 0.25) is 0 Å². The molecule has 96 valence electrons. The number of nitrogens with zero attached hydrogens (tertiary/aromatic N) is 1. The molecule has 0 aliphatic heterocycles. The van der Waals surface area contributed by atoms with E-state index in [1.54, 1.807) is 0 Å². The third-order valence-electron chi connectivity index (χ3n) is 3.97. The number of hydrogen-bond acceptors (Lipinski definition) is 3. The van der Waals surface area contributed by atoms with Crippen LogP contribution in [0.3, 0.4) is 0 Å². The third kappa shape index (κ3) is 3.08. The second kappa shape index (κ2) is 5.07. The fourth-order valence-electron chi connectivity index (χ4n) is 2.50. The van der Waals surface area contributed by atoms with Gasteiger partial charge < -0.3 is 5.32 Å². The van der Waals surface area contributed by atoms with Crippen molar-refractivity contribution in [3.05, 3.63) is 15.6 Å². The third-order valence-corrected chi connectivity index (χ3v) is 5.04. The molecule has 1 atom stereocenters. The molecule has 2 nitrogen and oxygen atoms in total. The molecule has 1 aromatic rings. The monoisotopic (exact) mass is 252 g/mol. The van der Waals surface area contributed by atoms with Gasteiger partial charge in [0.15, 0.2) is 0 Å². The predicted octanol–water partition coefficient (Wildman–Crippen LogP) is 3.33. The number of thiazole rings is 1. The van der Waals surface area contributed by atoms with Crippen molar-refractivity contribution in [1.82, 2.24) is 10.3 Å². The van der Waals surface area contributed by atoms with Crippen LogP contribution in [0.4, 0.5) is 0 Å². The highest BCUT2D eigenvalue weighted by Crippen LogP contribution is 2.47. The van der Waals surface area contributed by atoms with Gasteiger partial charge in [-0.05, 0) is 44.6 Å². The van der Waals surface area contributed by atoms with E-state index in [1.165, 1.54) is 28.4 Å². The van der Waals surface area contributed by atoms with E-state index in [9.17, 15) is 0 Å². The van der Waals surface area contributed by atoms with Gasteiger partial charge in [0.25, 0.3) is 0 Å². The first-order valence-corrected chi connectivity index (χ1v) is 7.50. The summed E-state index contributed by atoms with van der Waals surface area (Å²) < 4.78 is 0.